The number of aromatic nitrogens is 1. The van der Waals surface area contributed by atoms with Crippen molar-refractivity contribution in [2.24, 2.45) is 0 Å². The average Bonchev–Trinajstić information content (AvgIpc) is 3.02. The van der Waals surface area contributed by atoms with E-state index in [4.69, 9.17) is 0 Å². The van der Waals surface area contributed by atoms with Gasteiger partial charge in [0.25, 0.3) is 11.8 Å². The standard InChI is InChI=1S/C26H35N3O2S.C10H12F2/c1-5-8-19(3)24(6-2)25-17-21(11-10-20(25)4)26(30)28-22-12-15-29(16-13-22)32(31)23-9-7-14-27-18-23;1-3-8-4-6-9(7-5-8)10(2,11)12/h7,9-11,14,17-18,22H,5-6,8,12-13,15-16H2,1-4H3,(H,28,30);4-7H,3H2,1-2H3/b24-19+;. The Kier molecular flexibility index (Phi) is 13.4. The topological polar surface area (TPSA) is 62.3 Å². The van der Waals surface area contributed by atoms with E-state index in [-0.39, 0.29) is 17.5 Å². The first-order chi connectivity index (χ1) is 21.0. The number of pyridine rings is 1. The lowest BCUT2D eigenvalue weighted by atomic mass is 9.91. The van der Waals surface area contributed by atoms with Crippen LogP contribution in [0.2, 0.25) is 0 Å². The highest BCUT2D eigenvalue weighted by atomic mass is 32.2. The summed E-state index contributed by atoms with van der Waals surface area (Å²) in [6.07, 6.45) is 8.96. The predicted octanol–water partition coefficient (Wildman–Crippen LogP) is 8.65. The summed E-state index contributed by atoms with van der Waals surface area (Å²) in [5.74, 6) is -2.74. The largest absolute Gasteiger partial charge is 0.349 e. The van der Waals surface area contributed by atoms with Gasteiger partial charge in [-0.2, -0.15) is 0 Å². The van der Waals surface area contributed by atoms with Crippen molar-refractivity contribution in [3.63, 3.8) is 0 Å². The molecular formula is C36H47F2N3O2S. The molecule has 8 heteroatoms. The van der Waals surface area contributed by atoms with Crippen LogP contribution in [0.4, 0.5) is 8.78 Å². The maximum atomic E-state index is 13.0. The second-order valence-corrected chi connectivity index (χ2v) is 12.9. The third kappa shape index (κ3) is 9.89. The number of nitrogens with one attached hydrogen (secondary N) is 1. The van der Waals surface area contributed by atoms with Crippen LogP contribution in [0.5, 0.6) is 0 Å². The van der Waals surface area contributed by atoms with Crippen LogP contribution < -0.4 is 5.32 Å². The van der Waals surface area contributed by atoms with Crippen molar-refractivity contribution >= 4 is 22.5 Å². The van der Waals surface area contributed by atoms with Crippen molar-refractivity contribution < 1.29 is 17.8 Å². The van der Waals surface area contributed by atoms with E-state index in [1.54, 1.807) is 30.6 Å². The number of rotatable bonds is 10. The molecule has 1 aromatic heterocycles. The van der Waals surface area contributed by atoms with Crippen LogP contribution in [-0.2, 0) is 23.3 Å². The van der Waals surface area contributed by atoms with E-state index in [2.05, 4.69) is 50.1 Å². The highest BCUT2D eigenvalue weighted by Gasteiger charge is 2.26. The number of carbonyl (C=O) groups is 1. The maximum absolute atomic E-state index is 13.0. The summed E-state index contributed by atoms with van der Waals surface area (Å²) in [5, 5.41) is 3.20. The van der Waals surface area contributed by atoms with Crippen molar-refractivity contribution in [2.45, 2.75) is 96.9 Å². The Hall–Kier alpha value is -3.23. The minimum absolute atomic E-state index is 0.0262. The van der Waals surface area contributed by atoms with E-state index >= 15 is 0 Å². The van der Waals surface area contributed by atoms with Crippen LogP contribution in [0.25, 0.3) is 5.57 Å². The molecule has 0 aliphatic carbocycles. The SMILES string of the molecule is CCC/C(C)=C(\CC)c1cc(C(=O)NC2CCN(S(=O)c3cccnc3)CC2)ccc1C.CCc1ccc(C(C)(F)F)cc1. The minimum Gasteiger partial charge on any atom is -0.349 e. The molecule has 238 valence electrons. The molecule has 1 fully saturated rings. The zero-order chi connectivity index (χ0) is 32.3. The number of piperidine rings is 1. The van der Waals surface area contributed by atoms with Gasteiger partial charge in [0.2, 0.25) is 0 Å². The van der Waals surface area contributed by atoms with Gasteiger partial charge in [-0.15, -0.1) is 0 Å². The lowest BCUT2D eigenvalue weighted by Crippen LogP contribution is -2.45. The summed E-state index contributed by atoms with van der Waals surface area (Å²) in [6, 6.07) is 16.2. The van der Waals surface area contributed by atoms with Gasteiger partial charge >= 0.3 is 0 Å². The molecule has 3 aromatic rings. The second-order valence-electron chi connectivity index (χ2n) is 11.4. The Labute approximate surface area is 264 Å². The summed E-state index contributed by atoms with van der Waals surface area (Å²) < 4.78 is 40.1. The van der Waals surface area contributed by atoms with E-state index in [1.807, 2.05) is 23.4 Å². The first-order valence-electron chi connectivity index (χ1n) is 15.6. The molecule has 1 unspecified atom stereocenters. The summed E-state index contributed by atoms with van der Waals surface area (Å²) >= 11 is 0. The summed E-state index contributed by atoms with van der Waals surface area (Å²) in [5.41, 5.74) is 7.03. The molecule has 1 aliphatic rings. The Morgan fingerprint density at radius 1 is 1.07 bits per heavy atom. The monoisotopic (exact) mass is 623 g/mol. The quantitative estimate of drug-likeness (QED) is 0.246. The number of hydrogen-bond donors (Lipinski definition) is 1. The average molecular weight is 624 g/mol. The third-order valence-corrected chi connectivity index (χ3v) is 9.53. The van der Waals surface area contributed by atoms with Crippen molar-refractivity contribution in [3.05, 3.63) is 100 Å². The van der Waals surface area contributed by atoms with Crippen LogP contribution in [0, 0.1) is 6.92 Å². The van der Waals surface area contributed by atoms with E-state index in [0.717, 1.165) is 55.9 Å². The fraction of sp³-hybridized carbons (Fsp3) is 0.444. The van der Waals surface area contributed by atoms with E-state index in [9.17, 15) is 17.8 Å². The molecule has 1 N–H and O–H groups in total. The number of aryl methyl sites for hydroxylation is 2. The lowest BCUT2D eigenvalue weighted by Gasteiger charge is -2.31. The molecule has 4 rings (SSSR count). The van der Waals surface area contributed by atoms with Gasteiger partial charge < -0.3 is 5.32 Å². The van der Waals surface area contributed by atoms with Crippen molar-refractivity contribution in [2.75, 3.05) is 13.1 Å². The molecule has 2 aromatic carbocycles. The van der Waals surface area contributed by atoms with Crippen molar-refractivity contribution in [1.29, 1.82) is 0 Å². The number of halogens is 2. The molecule has 0 bridgehead atoms. The van der Waals surface area contributed by atoms with Crippen molar-refractivity contribution in [3.8, 4) is 0 Å². The fourth-order valence-electron chi connectivity index (χ4n) is 5.40. The molecule has 2 heterocycles. The highest BCUT2D eigenvalue weighted by Crippen LogP contribution is 2.29. The molecular weight excluding hydrogens is 576 g/mol. The van der Waals surface area contributed by atoms with Crippen LogP contribution in [-0.4, -0.2) is 38.5 Å². The zero-order valence-electron chi connectivity index (χ0n) is 27.0. The number of nitrogens with zero attached hydrogens (tertiary/aromatic N) is 2. The van der Waals surface area contributed by atoms with Gasteiger partial charge in [0.1, 0.15) is 11.0 Å². The van der Waals surface area contributed by atoms with Crippen molar-refractivity contribution in [1.82, 2.24) is 14.6 Å². The van der Waals surface area contributed by atoms with E-state index in [1.165, 1.54) is 34.4 Å². The molecule has 5 nitrogen and oxygen atoms in total. The number of allylic oxidation sites excluding steroid dienone is 2. The van der Waals surface area contributed by atoms with Crippen LogP contribution >= 0.6 is 0 Å². The highest BCUT2D eigenvalue weighted by molar-refractivity contribution is 7.82. The lowest BCUT2D eigenvalue weighted by molar-refractivity contribution is 0.0174. The number of amides is 1. The molecule has 1 amide bonds. The first kappa shape index (κ1) is 35.3. The number of benzene rings is 2. The third-order valence-electron chi connectivity index (χ3n) is 8.05. The number of alkyl halides is 2. The van der Waals surface area contributed by atoms with Gasteiger partial charge in [0, 0.05) is 49.6 Å². The second kappa shape index (κ2) is 16.7. The Bertz CT molecular complexity index is 1410. The molecule has 0 spiro atoms. The Morgan fingerprint density at radius 3 is 2.30 bits per heavy atom. The fourth-order valence-corrected chi connectivity index (χ4v) is 6.59. The van der Waals surface area contributed by atoms with Gasteiger partial charge in [-0.3, -0.25) is 9.78 Å². The molecule has 44 heavy (non-hydrogen) atoms. The van der Waals surface area contributed by atoms with Crippen LogP contribution in [0.1, 0.15) is 99.3 Å². The molecule has 0 saturated carbocycles. The van der Waals surface area contributed by atoms with Gasteiger partial charge in [-0.1, -0.05) is 63.1 Å². The molecule has 1 atom stereocenters. The normalized spacial score (nSPS) is 15.5. The van der Waals surface area contributed by atoms with Crippen LogP contribution in [0.3, 0.4) is 0 Å². The van der Waals surface area contributed by atoms with E-state index < -0.39 is 16.9 Å². The summed E-state index contributed by atoms with van der Waals surface area (Å²) in [7, 11) is -1.20. The minimum atomic E-state index is -2.72. The predicted molar refractivity (Wildman–Crippen MR) is 177 cm³/mol. The number of hydrogen-bond acceptors (Lipinski definition) is 3. The first-order valence-corrected chi connectivity index (χ1v) is 16.7. The molecule has 0 radical (unpaired) electrons. The van der Waals surface area contributed by atoms with Crippen LogP contribution in [0.15, 0.2) is 77.5 Å². The summed E-state index contributed by atoms with van der Waals surface area (Å²) in [4.78, 5) is 17.8. The molecule has 1 aliphatic heterocycles. The van der Waals surface area contributed by atoms with Gasteiger partial charge in [0.05, 0.1) is 4.90 Å². The Morgan fingerprint density at radius 2 is 1.75 bits per heavy atom. The van der Waals surface area contributed by atoms with E-state index in [0.29, 0.717) is 18.7 Å². The Balaban J connectivity index is 0.000000369. The van der Waals surface area contributed by atoms with Gasteiger partial charge in [0.15, 0.2) is 0 Å². The maximum Gasteiger partial charge on any atom is 0.270 e. The smallest absolute Gasteiger partial charge is 0.270 e. The summed E-state index contributed by atoms with van der Waals surface area (Å²) in [6.45, 7) is 13.0. The molecule has 1 saturated heterocycles. The zero-order valence-corrected chi connectivity index (χ0v) is 27.8. The van der Waals surface area contributed by atoms with Gasteiger partial charge in [-0.05, 0) is 92.5 Å². The number of carbonyl (C=O) groups excluding carboxylic acids is 1. The van der Waals surface area contributed by atoms with Gasteiger partial charge in [-0.25, -0.2) is 17.3 Å².